The molecule has 4 rings (SSSR count). The molecule has 224 valence electrons. The highest BCUT2D eigenvalue weighted by atomic mass is 35.5. The summed E-state index contributed by atoms with van der Waals surface area (Å²) in [6.45, 7) is 8.77. The second-order valence-electron chi connectivity index (χ2n) is 10.9. The summed E-state index contributed by atoms with van der Waals surface area (Å²) in [5.74, 6) is -2.40. The van der Waals surface area contributed by atoms with Gasteiger partial charge in [0.15, 0.2) is 0 Å². The molecule has 0 saturated carbocycles. The summed E-state index contributed by atoms with van der Waals surface area (Å²) in [4.78, 5) is 20.4. The zero-order valence-electron chi connectivity index (χ0n) is 23.6. The van der Waals surface area contributed by atoms with Crippen LogP contribution in [0.5, 0.6) is 5.75 Å². The maximum Gasteiger partial charge on any atom is 0.335 e. The van der Waals surface area contributed by atoms with Crippen molar-refractivity contribution in [2.24, 2.45) is 11.3 Å². The number of nitrogens with one attached hydrogen (secondary N) is 2. The second-order valence-corrected chi connectivity index (χ2v) is 11.7. The number of phenols is 1. The largest absolute Gasteiger partial charge is 0.506 e. The molecule has 3 atom stereocenters. The summed E-state index contributed by atoms with van der Waals surface area (Å²) in [5.41, 5.74) is 1.45. The number of nitriles is 1. The summed E-state index contributed by atoms with van der Waals surface area (Å²) >= 11 is 11.3. The molecule has 1 saturated heterocycles. The number of nitrogens with zero attached hydrogens (tertiary/aromatic N) is 1. The third-order valence-corrected chi connectivity index (χ3v) is 6.95. The predicted molar refractivity (Wildman–Crippen MR) is 160 cm³/mol. The van der Waals surface area contributed by atoms with Crippen LogP contribution in [0.15, 0.2) is 54.6 Å². The number of carboxylic acid groups (broad SMARTS) is 1. The first-order valence-electron chi connectivity index (χ1n) is 12.9. The fourth-order valence-electron chi connectivity index (χ4n) is 4.38. The summed E-state index contributed by atoms with van der Waals surface area (Å²) < 4.78 is 26.7. The molecule has 42 heavy (non-hydrogen) atoms. The number of rotatable bonds is 5. The van der Waals surface area contributed by atoms with Gasteiger partial charge in [-0.1, -0.05) is 62.2 Å². The first-order valence-corrected chi connectivity index (χ1v) is 13.7. The van der Waals surface area contributed by atoms with Gasteiger partial charge in [0, 0.05) is 23.5 Å². The van der Waals surface area contributed by atoms with E-state index in [9.17, 15) is 28.7 Å². The van der Waals surface area contributed by atoms with Crippen molar-refractivity contribution in [1.29, 1.82) is 5.26 Å². The van der Waals surface area contributed by atoms with E-state index >= 15 is 0 Å². The lowest BCUT2D eigenvalue weighted by Crippen LogP contribution is -2.31. The van der Waals surface area contributed by atoms with Gasteiger partial charge in [0.25, 0.3) is 0 Å². The lowest BCUT2D eigenvalue weighted by atomic mass is 9.79. The van der Waals surface area contributed by atoms with Crippen LogP contribution >= 0.6 is 23.2 Å². The topological polar surface area (TPSA) is 122 Å². The van der Waals surface area contributed by atoms with E-state index in [1.165, 1.54) is 24.3 Å². The Labute approximate surface area is 254 Å². The molecule has 0 aromatic heterocycles. The maximum absolute atomic E-state index is 14.2. The van der Waals surface area contributed by atoms with Crippen molar-refractivity contribution in [2.45, 2.75) is 46.1 Å². The monoisotopic (exact) mass is 619 g/mol. The van der Waals surface area contributed by atoms with Crippen LogP contribution < -0.4 is 10.6 Å². The van der Waals surface area contributed by atoms with Crippen LogP contribution in [0, 0.1) is 41.2 Å². The van der Waals surface area contributed by atoms with Crippen molar-refractivity contribution in [3.8, 4) is 11.8 Å². The van der Waals surface area contributed by atoms with Crippen LogP contribution in [0.1, 0.15) is 54.6 Å². The van der Waals surface area contributed by atoms with E-state index in [1.807, 2.05) is 0 Å². The predicted octanol–water partition coefficient (Wildman–Crippen LogP) is 7.56. The number of amides is 1. The van der Waals surface area contributed by atoms with Gasteiger partial charge in [-0.3, -0.25) is 4.79 Å². The third kappa shape index (κ3) is 9.98. The Balaban J connectivity index is 0.000000240. The van der Waals surface area contributed by atoms with Gasteiger partial charge >= 0.3 is 5.97 Å². The van der Waals surface area contributed by atoms with Crippen molar-refractivity contribution in [1.82, 2.24) is 5.32 Å². The van der Waals surface area contributed by atoms with Gasteiger partial charge in [-0.05, 0) is 66.3 Å². The molecule has 1 aliphatic heterocycles. The Kier molecular flexibility index (Phi) is 12.7. The Hall–Kier alpha value is -3.71. The van der Waals surface area contributed by atoms with Crippen molar-refractivity contribution in [2.75, 3.05) is 11.9 Å². The minimum Gasteiger partial charge on any atom is -0.506 e. The Morgan fingerprint density at radius 1 is 1.17 bits per heavy atom. The average Bonchev–Trinajstić information content (AvgIpc) is 3.30. The molecule has 3 aromatic rings. The molecule has 0 aliphatic carbocycles. The highest BCUT2D eigenvalue weighted by Gasteiger charge is 2.39. The molecule has 0 radical (unpaired) electrons. The first kappa shape index (κ1) is 34.5. The van der Waals surface area contributed by atoms with Crippen LogP contribution in [0.4, 0.5) is 14.5 Å². The number of anilines is 1. The number of phenolic OH excluding ortho intramolecular Hbond substituents is 1. The van der Waals surface area contributed by atoms with Gasteiger partial charge in [0.05, 0.1) is 28.3 Å². The van der Waals surface area contributed by atoms with E-state index in [1.54, 1.807) is 31.2 Å². The quantitative estimate of drug-likeness (QED) is 0.173. The molecule has 1 fully saturated rings. The van der Waals surface area contributed by atoms with Gasteiger partial charge in [-0.2, -0.15) is 5.26 Å². The molecule has 3 aromatic carbocycles. The van der Waals surface area contributed by atoms with Crippen molar-refractivity contribution in [3.63, 3.8) is 0 Å². The van der Waals surface area contributed by atoms with Gasteiger partial charge < -0.3 is 20.8 Å². The molecule has 1 aliphatic rings. The molecule has 1 amide bonds. The van der Waals surface area contributed by atoms with Gasteiger partial charge in [-0.15, -0.1) is 0 Å². The fraction of sp³-hybridized carbons (Fsp3) is 0.323. The van der Waals surface area contributed by atoms with E-state index in [-0.39, 0.29) is 51.1 Å². The van der Waals surface area contributed by atoms with Gasteiger partial charge in [-0.25, -0.2) is 13.6 Å². The number of carbonyl (C=O) groups excluding carboxylic acids is 1. The molecule has 0 spiro atoms. The number of benzene rings is 3. The summed E-state index contributed by atoms with van der Waals surface area (Å²) in [6.07, 6.45) is 1.29. The zero-order valence-corrected chi connectivity index (χ0v) is 25.1. The minimum atomic E-state index is -1.13. The van der Waals surface area contributed by atoms with E-state index in [0.717, 1.165) is 12.5 Å². The number of hydrogen-bond acceptors (Lipinski definition) is 5. The van der Waals surface area contributed by atoms with Gasteiger partial charge in [0.2, 0.25) is 6.41 Å². The lowest BCUT2D eigenvalue weighted by Gasteiger charge is -2.26. The molecular weight excluding hydrogens is 587 g/mol. The van der Waals surface area contributed by atoms with E-state index in [4.69, 9.17) is 28.3 Å². The Bertz CT molecular complexity index is 1440. The molecule has 3 unspecified atom stereocenters. The fourth-order valence-corrected chi connectivity index (χ4v) is 4.72. The van der Waals surface area contributed by atoms with Crippen LogP contribution in [-0.4, -0.2) is 35.2 Å². The minimum absolute atomic E-state index is 0.0334. The normalized spacial score (nSPS) is 17.5. The molecule has 0 bridgehead atoms. The Morgan fingerprint density at radius 2 is 1.86 bits per heavy atom. The standard InChI is InChI=1S/C16H20ClFN2.C8H7NO4.C7H6ClF/c1-16(2,3)7-14-11(8-19)12(9-20-14)10-5-4-6-13(17)15(10)18;10-4-9-6-2-1-5(8(12)13)3-7(6)11;1-5-2-3-6(8)4-7(5)9/h4-6,11-12,14,20H,7,9H2,1-3H3;1-4,11H,(H,9,10)(H,12,13);2-4H,1H3. The molecular formula is C31H33Cl2F2N3O4. The van der Waals surface area contributed by atoms with Crippen molar-refractivity contribution < 1.29 is 28.6 Å². The summed E-state index contributed by atoms with van der Waals surface area (Å²) in [5, 5.41) is 33.4. The number of halogens is 4. The first-order chi connectivity index (χ1) is 19.7. The van der Waals surface area contributed by atoms with E-state index in [0.29, 0.717) is 29.1 Å². The molecule has 7 nitrogen and oxygen atoms in total. The van der Waals surface area contributed by atoms with Crippen LogP contribution in [-0.2, 0) is 4.79 Å². The zero-order chi connectivity index (χ0) is 31.6. The summed E-state index contributed by atoms with van der Waals surface area (Å²) in [7, 11) is 0. The lowest BCUT2D eigenvalue weighted by molar-refractivity contribution is -0.105. The van der Waals surface area contributed by atoms with E-state index in [2.05, 4.69) is 37.5 Å². The number of carbonyl (C=O) groups is 2. The number of aromatic carboxylic acids is 1. The number of hydrogen-bond donors (Lipinski definition) is 4. The van der Waals surface area contributed by atoms with Crippen LogP contribution in [0.25, 0.3) is 0 Å². The number of carboxylic acids is 1. The van der Waals surface area contributed by atoms with Crippen LogP contribution in [0.3, 0.4) is 0 Å². The molecule has 11 heteroatoms. The smallest absolute Gasteiger partial charge is 0.335 e. The SMILES string of the molecule is CC(C)(C)CC1NCC(c2cccc(Cl)c2F)C1C#N.Cc1ccc(Cl)cc1F.O=CNc1ccc(C(=O)O)cc1O. The number of aromatic hydroxyl groups is 1. The second kappa shape index (κ2) is 15.5. The van der Waals surface area contributed by atoms with Crippen molar-refractivity contribution in [3.05, 3.63) is 93.0 Å². The van der Waals surface area contributed by atoms with E-state index < -0.39 is 11.8 Å². The van der Waals surface area contributed by atoms with Crippen molar-refractivity contribution >= 4 is 41.3 Å². The van der Waals surface area contributed by atoms with Gasteiger partial charge in [0.1, 0.15) is 17.4 Å². The number of aryl methyl sites for hydroxylation is 1. The highest BCUT2D eigenvalue weighted by molar-refractivity contribution is 6.31. The third-order valence-electron chi connectivity index (χ3n) is 6.42. The molecule has 4 N–H and O–H groups in total. The highest BCUT2D eigenvalue weighted by Crippen LogP contribution is 2.38. The molecule has 1 heterocycles. The van der Waals surface area contributed by atoms with Crippen LogP contribution in [0.2, 0.25) is 10.0 Å². The summed E-state index contributed by atoms with van der Waals surface area (Å²) in [6, 6.07) is 15.8. The average molecular weight is 621 g/mol. The Morgan fingerprint density at radius 3 is 2.38 bits per heavy atom. The maximum atomic E-state index is 14.2.